The van der Waals surface area contributed by atoms with Gasteiger partial charge in [-0.2, -0.15) is 0 Å². The first kappa shape index (κ1) is 18.2. The number of rotatable bonds is 7. The minimum absolute atomic E-state index is 0.0492. The maximum absolute atomic E-state index is 12.0. The lowest BCUT2D eigenvalue weighted by atomic mass is 10.1. The van der Waals surface area contributed by atoms with Gasteiger partial charge in [-0.15, -0.1) is 0 Å². The summed E-state index contributed by atoms with van der Waals surface area (Å²) in [5.41, 5.74) is 2.12. The summed E-state index contributed by atoms with van der Waals surface area (Å²) in [6, 6.07) is 14.5. The van der Waals surface area contributed by atoms with Crippen LogP contribution >= 0.6 is 15.9 Å². The van der Waals surface area contributed by atoms with Gasteiger partial charge < -0.3 is 9.64 Å². The van der Waals surface area contributed by atoms with Crippen molar-refractivity contribution in [3.05, 3.63) is 64.1 Å². The fourth-order valence-electron chi connectivity index (χ4n) is 2.17. The summed E-state index contributed by atoms with van der Waals surface area (Å²) in [4.78, 5) is 26.0. The van der Waals surface area contributed by atoms with Crippen LogP contribution in [0.15, 0.2) is 53.0 Å². The van der Waals surface area contributed by atoms with Crippen LogP contribution in [0.3, 0.4) is 0 Å². The van der Waals surface area contributed by atoms with E-state index < -0.39 is 0 Å². The summed E-state index contributed by atoms with van der Waals surface area (Å²) in [6.07, 6.45) is 0.862. The van der Waals surface area contributed by atoms with Crippen LogP contribution in [0.1, 0.15) is 33.6 Å². The van der Waals surface area contributed by atoms with E-state index in [4.69, 9.17) is 4.74 Å². The molecule has 0 spiro atoms. The van der Waals surface area contributed by atoms with E-state index in [2.05, 4.69) is 15.9 Å². The van der Waals surface area contributed by atoms with Gasteiger partial charge in [-0.05, 0) is 36.8 Å². The van der Waals surface area contributed by atoms with Gasteiger partial charge in [0.15, 0.2) is 5.78 Å². The molecule has 0 aliphatic heterocycles. The Hall–Kier alpha value is -2.14. The van der Waals surface area contributed by atoms with Crippen LogP contribution in [-0.2, 0) is 4.74 Å². The number of nitrogens with zero attached hydrogens (tertiary/aromatic N) is 1. The minimum Gasteiger partial charge on any atom is -0.462 e. The lowest BCUT2D eigenvalue weighted by Crippen LogP contribution is -2.11. The topological polar surface area (TPSA) is 46.6 Å². The highest BCUT2D eigenvalue weighted by molar-refractivity contribution is 9.10. The molecule has 2 aromatic rings. The molecule has 126 valence electrons. The first-order valence-corrected chi connectivity index (χ1v) is 8.50. The van der Waals surface area contributed by atoms with E-state index in [-0.39, 0.29) is 18.4 Å². The van der Waals surface area contributed by atoms with E-state index in [0.717, 1.165) is 10.2 Å². The maximum atomic E-state index is 12.0. The fourth-order valence-corrected chi connectivity index (χ4v) is 2.44. The fraction of sp³-hybridized carbons (Fsp3) is 0.263. The average molecular weight is 390 g/mol. The summed E-state index contributed by atoms with van der Waals surface area (Å²) < 4.78 is 6.19. The van der Waals surface area contributed by atoms with Crippen molar-refractivity contribution < 1.29 is 14.3 Å². The molecule has 0 fully saturated rings. The summed E-state index contributed by atoms with van der Waals surface area (Å²) in [5.74, 6) is -0.317. The third kappa shape index (κ3) is 5.20. The molecule has 0 aliphatic carbocycles. The van der Waals surface area contributed by atoms with Crippen LogP contribution in [-0.4, -0.2) is 32.5 Å². The van der Waals surface area contributed by atoms with E-state index in [1.807, 2.05) is 43.3 Å². The van der Waals surface area contributed by atoms with Gasteiger partial charge in [0.1, 0.15) is 0 Å². The molecule has 4 nitrogen and oxygen atoms in total. The van der Waals surface area contributed by atoms with Crippen molar-refractivity contribution >= 4 is 33.4 Å². The Balaban J connectivity index is 1.79. The lowest BCUT2D eigenvalue weighted by molar-refractivity contribution is 0.0494. The second-order valence-electron chi connectivity index (χ2n) is 5.61. The molecule has 0 radical (unpaired) electrons. The van der Waals surface area contributed by atoms with Crippen molar-refractivity contribution in [1.29, 1.82) is 0 Å². The van der Waals surface area contributed by atoms with Crippen LogP contribution in [0, 0.1) is 0 Å². The summed E-state index contributed by atoms with van der Waals surface area (Å²) in [5, 5.41) is 0. The summed E-state index contributed by atoms with van der Waals surface area (Å²) >= 11 is 3.34. The zero-order valence-electron chi connectivity index (χ0n) is 13.8. The molecule has 0 heterocycles. The molecular formula is C19H20BrNO3. The average Bonchev–Trinajstić information content (AvgIpc) is 2.59. The highest BCUT2D eigenvalue weighted by atomic mass is 79.9. The number of benzene rings is 2. The van der Waals surface area contributed by atoms with E-state index in [1.165, 1.54) is 0 Å². The van der Waals surface area contributed by atoms with Gasteiger partial charge in [-0.25, -0.2) is 4.79 Å². The number of hydrogen-bond donors (Lipinski definition) is 0. The highest BCUT2D eigenvalue weighted by Crippen LogP contribution is 2.15. The monoisotopic (exact) mass is 389 g/mol. The van der Waals surface area contributed by atoms with E-state index in [0.29, 0.717) is 24.0 Å². The first-order valence-electron chi connectivity index (χ1n) is 7.70. The van der Waals surface area contributed by atoms with Crippen LogP contribution in [0.25, 0.3) is 0 Å². The SMILES string of the molecule is CN(C)c1cccc(C(=O)OCCCC(=O)c2ccc(Br)cc2)c1. The van der Waals surface area contributed by atoms with Gasteiger partial charge in [0.05, 0.1) is 12.2 Å². The number of carbonyl (C=O) groups is 2. The number of Topliss-reactive ketones (excluding diaryl/α,β-unsaturated/α-hetero) is 1. The second-order valence-corrected chi connectivity index (χ2v) is 6.53. The van der Waals surface area contributed by atoms with E-state index in [1.54, 1.807) is 24.3 Å². The van der Waals surface area contributed by atoms with Gasteiger partial charge in [-0.3, -0.25) is 4.79 Å². The Labute approximate surface area is 150 Å². The number of esters is 1. The standard InChI is InChI=1S/C19H20BrNO3/c1-21(2)17-6-3-5-15(13-17)19(23)24-12-4-7-18(22)14-8-10-16(20)11-9-14/h3,5-6,8-11,13H,4,7,12H2,1-2H3. The van der Waals surface area contributed by atoms with Crippen LogP contribution < -0.4 is 4.90 Å². The van der Waals surface area contributed by atoms with Crippen molar-refractivity contribution in [2.45, 2.75) is 12.8 Å². The zero-order chi connectivity index (χ0) is 17.5. The minimum atomic E-state index is -0.366. The van der Waals surface area contributed by atoms with Gasteiger partial charge in [-0.1, -0.05) is 34.1 Å². The normalized spacial score (nSPS) is 10.3. The molecule has 0 N–H and O–H groups in total. The highest BCUT2D eigenvalue weighted by Gasteiger charge is 2.10. The van der Waals surface area contributed by atoms with Crippen molar-refractivity contribution in [1.82, 2.24) is 0 Å². The number of hydrogen-bond acceptors (Lipinski definition) is 4. The second kappa shape index (κ2) is 8.64. The smallest absolute Gasteiger partial charge is 0.338 e. The number of halogens is 1. The third-order valence-electron chi connectivity index (χ3n) is 3.55. The Bertz CT molecular complexity index is 711. The molecule has 0 saturated heterocycles. The first-order chi connectivity index (χ1) is 11.5. The lowest BCUT2D eigenvalue weighted by Gasteiger charge is -2.13. The summed E-state index contributed by atoms with van der Waals surface area (Å²) in [6.45, 7) is 0.229. The molecule has 0 saturated carbocycles. The zero-order valence-corrected chi connectivity index (χ0v) is 15.4. The number of anilines is 1. The van der Waals surface area contributed by atoms with Crippen molar-refractivity contribution in [2.24, 2.45) is 0 Å². The molecule has 0 unspecified atom stereocenters. The number of ketones is 1. The molecule has 24 heavy (non-hydrogen) atoms. The number of ether oxygens (including phenoxy) is 1. The van der Waals surface area contributed by atoms with Gasteiger partial charge in [0.2, 0.25) is 0 Å². The quantitative estimate of drug-likeness (QED) is 0.401. The number of carbonyl (C=O) groups excluding carboxylic acids is 2. The van der Waals surface area contributed by atoms with Crippen molar-refractivity contribution in [3.8, 4) is 0 Å². The van der Waals surface area contributed by atoms with Crippen LogP contribution in [0.5, 0.6) is 0 Å². The van der Waals surface area contributed by atoms with Gasteiger partial charge in [0.25, 0.3) is 0 Å². The third-order valence-corrected chi connectivity index (χ3v) is 4.07. The predicted octanol–water partition coefficient (Wildman–Crippen LogP) is 4.34. The molecule has 0 aromatic heterocycles. The van der Waals surface area contributed by atoms with E-state index in [9.17, 15) is 9.59 Å². The van der Waals surface area contributed by atoms with Gasteiger partial charge in [0, 0.05) is 36.2 Å². The molecule has 0 amide bonds. The Morgan fingerprint density at radius 3 is 2.42 bits per heavy atom. The largest absolute Gasteiger partial charge is 0.462 e. The molecule has 2 aromatic carbocycles. The maximum Gasteiger partial charge on any atom is 0.338 e. The van der Waals surface area contributed by atoms with Crippen LogP contribution in [0.2, 0.25) is 0 Å². The molecule has 0 atom stereocenters. The molecular weight excluding hydrogens is 370 g/mol. The Morgan fingerprint density at radius 2 is 1.75 bits per heavy atom. The molecule has 5 heteroatoms. The Morgan fingerprint density at radius 1 is 1.04 bits per heavy atom. The van der Waals surface area contributed by atoms with Crippen LogP contribution in [0.4, 0.5) is 5.69 Å². The van der Waals surface area contributed by atoms with Crippen molar-refractivity contribution in [2.75, 3.05) is 25.6 Å². The Kier molecular flexibility index (Phi) is 6.55. The van der Waals surface area contributed by atoms with E-state index >= 15 is 0 Å². The molecule has 0 aliphatic rings. The predicted molar refractivity (Wildman–Crippen MR) is 98.8 cm³/mol. The van der Waals surface area contributed by atoms with Crippen molar-refractivity contribution in [3.63, 3.8) is 0 Å². The molecule has 2 rings (SSSR count). The van der Waals surface area contributed by atoms with Gasteiger partial charge >= 0.3 is 5.97 Å². The summed E-state index contributed by atoms with van der Waals surface area (Å²) in [7, 11) is 3.83. The molecule has 0 bridgehead atoms.